The molecule has 0 radical (unpaired) electrons. The van der Waals surface area contributed by atoms with Crippen molar-refractivity contribution in [1.82, 2.24) is 9.97 Å². The summed E-state index contributed by atoms with van der Waals surface area (Å²) in [7, 11) is 0. The molecule has 0 aliphatic heterocycles. The van der Waals surface area contributed by atoms with E-state index in [4.69, 9.17) is 5.73 Å². The van der Waals surface area contributed by atoms with Crippen molar-refractivity contribution in [3.8, 4) is 0 Å². The molecule has 4 aliphatic carbocycles. The number of nitrogens with two attached hydrogens (primary N) is 1. The average molecular weight is 244 g/mol. The first-order valence-electron chi connectivity index (χ1n) is 6.99. The third kappa shape index (κ3) is 1.62. The minimum Gasteiger partial charge on any atom is -0.349 e. The normalized spacial score (nSPS) is 45.2. The topological polar surface area (TPSA) is 63.8 Å². The summed E-state index contributed by atoms with van der Waals surface area (Å²) in [5.41, 5.74) is 6.82. The predicted octanol–water partition coefficient (Wildman–Crippen LogP) is 1.94. The molecule has 5 rings (SSSR count). The number of nitrogens with zero attached hydrogens (tertiary/aromatic N) is 2. The Morgan fingerprint density at radius 1 is 1.11 bits per heavy atom. The number of rotatable bonds is 2. The lowest BCUT2D eigenvalue weighted by atomic mass is 9.50. The zero-order valence-electron chi connectivity index (χ0n) is 10.6. The Labute approximate surface area is 107 Å². The monoisotopic (exact) mass is 244 g/mol. The molecule has 4 bridgehead atoms. The van der Waals surface area contributed by atoms with E-state index < -0.39 is 0 Å². The Morgan fingerprint density at radius 3 is 2.39 bits per heavy atom. The lowest BCUT2D eigenvalue weighted by molar-refractivity contribution is -0.00807. The second-order valence-electron chi connectivity index (χ2n) is 6.80. The van der Waals surface area contributed by atoms with E-state index in [1.54, 1.807) is 12.4 Å². The number of hydrogen-bond donors (Lipinski definition) is 2. The van der Waals surface area contributed by atoms with Crippen molar-refractivity contribution in [2.45, 2.75) is 49.6 Å². The minimum atomic E-state index is 0.0753. The van der Waals surface area contributed by atoms with Gasteiger partial charge >= 0.3 is 0 Å². The molecule has 4 saturated carbocycles. The quantitative estimate of drug-likeness (QED) is 0.834. The standard InChI is InChI=1S/C14H20N4/c15-13-5-10-4-11(6-13)8-14(7-10,9-13)18-12-16-2-1-3-17-12/h1-3,10-11H,4-9,15H2,(H,16,17,18). The van der Waals surface area contributed by atoms with Crippen molar-refractivity contribution in [1.29, 1.82) is 0 Å². The van der Waals surface area contributed by atoms with Crippen LogP contribution in [0.15, 0.2) is 18.5 Å². The van der Waals surface area contributed by atoms with Crippen LogP contribution in [0.4, 0.5) is 5.95 Å². The van der Waals surface area contributed by atoms with Crippen molar-refractivity contribution in [3.05, 3.63) is 18.5 Å². The van der Waals surface area contributed by atoms with E-state index >= 15 is 0 Å². The fraction of sp³-hybridized carbons (Fsp3) is 0.714. The molecule has 1 aromatic rings. The SMILES string of the molecule is NC12CC3CC(C1)CC(Nc1ncccn1)(C3)C2. The summed E-state index contributed by atoms with van der Waals surface area (Å²) in [6.07, 6.45) is 11.0. The summed E-state index contributed by atoms with van der Waals surface area (Å²) >= 11 is 0. The second-order valence-corrected chi connectivity index (χ2v) is 6.80. The first-order valence-corrected chi connectivity index (χ1v) is 6.99. The van der Waals surface area contributed by atoms with Gasteiger partial charge in [0, 0.05) is 23.5 Å². The van der Waals surface area contributed by atoms with Crippen molar-refractivity contribution < 1.29 is 0 Å². The zero-order valence-corrected chi connectivity index (χ0v) is 10.6. The summed E-state index contributed by atoms with van der Waals surface area (Å²) < 4.78 is 0. The fourth-order valence-electron chi connectivity index (χ4n) is 5.08. The third-order valence-electron chi connectivity index (χ3n) is 5.05. The zero-order chi connectivity index (χ0) is 12.2. The lowest BCUT2D eigenvalue weighted by Gasteiger charge is -2.61. The van der Waals surface area contributed by atoms with Gasteiger partial charge in [-0.25, -0.2) is 9.97 Å². The van der Waals surface area contributed by atoms with Gasteiger partial charge in [0.15, 0.2) is 0 Å². The molecule has 4 heteroatoms. The molecule has 4 aliphatic rings. The van der Waals surface area contributed by atoms with Gasteiger partial charge in [0.2, 0.25) is 5.95 Å². The second kappa shape index (κ2) is 3.44. The van der Waals surface area contributed by atoms with Crippen LogP contribution in [0.2, 0.25) is 0 Å². The molecule has 4 fully saturated rings. The largest absolute Gasteiger partial charge is 0.349 e. The molecule has 4 nitrogen and oxygen atoms in total. The number of aromatic nitrogens is 2. The molecule has 2 unspecified atom stereocenters. The van der Waals surface area contributed by atoms with E-state index in [1.807, 2.05) is 6.07 Å². The maximum absolute atomic E-state index is 6.58. The van der Waals surface area contributed by atoms with Gasteiger partial charge in [-0.15, -0.1) is 0 Å². The summed E-state index contributed by atoms with van der Waals surface area (Å²) in [4.78, 5) is 8.63. The van der Waals surface area contributed by atoms with E-state index in [0.717, 1.165) is 24.2 Å². The first kappa shape index (κ1) is 10.7. The number of nitrogens with one attached hydrogen (secondary N) is 1. The summed E-state index contributed by atoms with van der Waals surface area (Å²) in [5, 5.41) is 3.61. The Hall–Kier alpha value is -1.16. The minimum absolute atomic E-state index is 0.0753. The number of anilines is 1. The van der Waals surface area contributed by atoms with Crippen LogP contribution in [0.1, 0.15) is 38.5 Å². The van der Waals surface area contributed by atoms with Gasteiger partial charge in [-0.3, -0.25) is 0 Å². The van der Waals surface area contributed by atoms with Gasteiger partial charge in [0.05, 0.1) is 0 Å². The predicted molar refractivity (Wildman–Crippen MR) is 70.0 cm³/mol. The molecular weight excluding hydrogens is 224 g/mol. The van der Waals surface area contributed by atoms with Gasteiger partial charge in [0.25, 0.3) is 0 Å². The molecular formula is C14H20N4. The Balaban J connectivity index is 1.64. The van der Waals surface area contributed by atoms with E-state index in [1.165, 1.54) is 32.1 Å². The molecule has 1 heterocycles. The van der Waals surface area contributed by atoms with E-state index in [-0.39, 0.29) is 11.1 Å². The molecule has 0 saturated heterocycles. The average Bonchev–Trinajstić information content (AvgIpc) is 2.25. The smallest absolute Gasteiger partial charge is 0.223 e. The Kier molecular flexibility index (Phi) is 2.05. The lowest BCUT2D eigenvalue weighted by Crippen LogP contribution is -2.65. The van der Waals surface area contributed by atoms with Gasteiger partial charge < -0.3 is 11.1 Å². The molecule has 0 amide bonds. The van der Waals surface area contributed by atoms with Crippen molar-refractivity contribution in [2.75, 3.05) is 5.32 Å². The highest BCUT2D eigenvalue weighted by Crippen LogP contribution is 2.57. The van der Waals surface area contributed by atoms with Gasteiger partial charge in [-0.2, -0.15) is 0 Å². The molecule has 18 heavy (non-hydrogen) atoms. The third-order valence-corrected chi connectivity index (χ3v) is 5.05. The van der Waals surface area contributed by atoms with Crippen molar-refractivity contribution in [2.24, 2.45) is 17.6 Å². The molecule has 0 spiro atoms. The molecule has 1 aromatic heterocycles. The summed E-state index contributed by atoms with van der Waals surface area (Å²) in [6.45, 7) is 0. The highest BCUT2D eigenvalue weighted by molar-refractivity contribution is 5.32. The summed E-state index contributed by atoms with van der Waals surface area (Å²) in [6, 6.07) is 1.86. The molecule has 3 N–H and O–H groups in total. The van der Waals surface area contributed by atoms with Crippen LogP contribution in [-0.4, -0.2) is 21.0 Å². The van der Waals surface area contributed by atoms with Crippen LogP contribution in [0, 0.1) is 11.8 Å². The van der Waals surface area contributed by atoms with Crippen LogP contribution in [0.25, 0.3) is 0 Å². The van der Waals surface area contributed by atoms with Gasteiger partial charge in [-0.05, 0) is 56.4 Å². The number of hydrogen-bond acceptors (Lipinski definition) is 4. The van der Waals surface area contributed by atoms with Crippen LogP contribution in [0.3, 0.4) is 0 Å². The van der Waals surface area contributed by atoms with Crippen molar-refractivity contribution >= 4 is 5.95 Å². The van der Waals surface area contributed by atoms with Gasteiger partial charge in [0.1, 0.15) is 0 Å². The maximum Gasteiger partial charge on any atom is 0.223 e. The van der Waals surface area contributed by atoms with Crippen molar-refractivity contribution in [3.63, 3.8) is 0 Å². The highest BCUT2D eigenvalue weighted by Gasteiger charge is 2.56. The van der Waals surface area contributed by atoms with E-state index in [0.29, 0.717) is 0 Å². The molecule has 0 aromatic carbocycles. The molecule has 2 atom stereocenters. The van der Waals surface area contributed by atoms with E-state index in [2.05, 4.69) is 15.3 Å². The van der Waals surface area contributed by atoms with E-state index in [9.17, 15) is 0 Å². The van der Waals surface area contributed by atoms with Crippen LogP contribution >= 0.6 is 0 Å². The van der Waals surface area contributed by atoms with Gasteiger partial charge in [-0.1, -0.05) is 0 Å². The maximum atomic E-state index is 6.58. The Bertz CT molecular complexity index is 444. The summed E-state index contributed by atoms with van der Waals surface area (Å²) in [5.74, 6) is 2.39. The van der Waals surface area contributed by atoms with Crippen LogP contribution in [-0.2, 0) is 0 Å². The Morgan fingerprint density at radius 2 is 1.78 bits per heavy atom. The van der Waals surface area contributed by atoms with Crippen LogP contribution < -0.4 is 11.1 Å². The highest BCUT2D eigenvalue weighted by atomic mass is 15.2. The van der Waals surface area contributed by atoms with Crippen LogP contribution in [0.5, 0.6) is 0 Å². The molecule has 96 valence electrons. The first-order chi connectivity index (χ1) is 8.65. The fourth-order valence-corrected chi connectivity index (χ4v) is 5.08.